The first-order valence-corrected chi connectivity index (χ1v) is 22.7. The molecule has 2 rings (SSSR count). The third-order valence-corrected chi connectivity index (χ3v) is 14.2. The van der Waals surface area contributed by atoms with Gasteiger partial charge in [0.25, 0.3) is 0 Å². The van der Waals surface area contributed by atoms with Crippen LogP contribution in [0.15, 0.2) is 0 Å². The van der Waals surface area contributed by atoms with Crippen molar-refractivity contribution < 1.29 is 33.2 Å². The van der Waals surface area contributed by atoms with Crippen LogP contribution in [-0.2, 0) is 29.8 Å². The summed E-state index contributed by atoms with van der Waals surface area (Å²) in [5.74, 6) is 4.01. The zero-order valence-corrected chi connectivity index (χ0v) is 28.2. The first-order chi connectivity index (χ1) is 15.1. The van der Waals surface area contributed by atoms with Gasteiger partial charge < -0.3 is 0 Å². The third kappa shape index (κ3) is 8.07. The van der Waals surface area contributed by atoms with Crippen molar-refractivity contribution in [1.82, 2.24) is 0 Å². The van der Waals surface area contributed by atoms with Crippen molar-refractivity contribution in [2.24, 2.45) is 17.8 Å². The first-order valence-electron chi connectivity index (χ1n) is 13.2. The summed E-state index contributed by atoms with van der Waals surface area (Å²) in [6, 6.07) is 0. The van der Waals surface area contributed by atoms with E-state index in [-0.39, 0.29) is 5.60 Å². The Morgan fingerprint density at radius 1 is 0.938 bits per heavy atom. The number of aromatic hydroxyl groups is 1. The maximum atomic E-state index is 10.6. The van der Waals surface area contributed by atoms with Crippen molar-refractivity contribution in [2.45, 2.75) is 125 Å². The monoisotopic (exact) mass is 652 g/mol. The summed E-state index contributed by atoms with van der Waals surface area (Å²) in [6.07, 6.45) is 14.0. The van der Waals surface area contributed by atoms with Gasteiger partial charge in [-0.15, -0.1) is 0 Å². The van der Waals surface area contributed by atoms with Crippen LogP contribution < -0.4 is 7.81 Å². The van der Waals surface area contributed by atoms with Gasteiger partial charge in [-0.2, -0.15) is 0 Å². The SMILES string of the molecule is Cc1c(C)c2c([c]([Hg][Cl])c1O)CC[C@@](C)(CCC[C@H](C)CCC[C@H](C)CCCC(C)C)O2. The summed E-state index contributed by atoms with van der Waals surface area (Å²) in [7, 11) is 6.39. The molecule has 180 valence electrons. The molecule has 0 aromatic heterocycles. The van der Waals surface area contributed by atoms with E-state index in [1.165, 1.54) is 56.9 Å². The van der Waals surface area contributed by atoms with Crippen LogP contribution in [0, 0.1) is 31.6 Å². The van der Waals surface area contributed by atoms with Gasteiger partial charge in [-0.1, -0.05) is 40.0 Å². The second kappa shape index (κ2) is 13.2. The molecule has 1 aromatic carbocycles. The number of ether oxygens (including phenoxy) is 1. The molecule has 0 unspecified atom stereocenters. The van der Waals surface area contributed by atoms with Crippen molar-refractivity contribution in [3.63, 3.8) is 0 Å². The van der Waals surface area contributed by atoms with Crippen molar-refractivity contribution in [3.05, 3.63) is 16.7 Å². The molecule has 0 saturated heterocycles. The minimum absolute atomic E-state index is 0.0910. The number of fused-ring (bicyclic) bond motifs is 1. The van der Waals surface area contributed by atoms with Crippen LogP contribution >= 0.6 is 8.25 Å². The molecule has 2 nitrogen and oxygen atoms in total. The third-order valence-electron chi connectivity index (χ3n) is 7.84. The quantitative estimate of drug-likeness (QED) is 0.217. The Labute approximate surface area is 214 Å². The molecule has 0 fully saturated rings. The van der Waals surface area contributed by atoms with Gasteiger partial charge in [0.1, 0.15) is 0 Å². The fourth-order valence-electron chi connectivity index (χ4n) is 5.29. The number of phenolic OH excluding ortho intramolecular Hbond substituents is 1. The van der Waals surface area contributed by atoms with Crippen LogP contribution in [0.25, 0.3) is 0 Å². The average Bonchev–Trinajstić information content (AvgIpc) is 2.73. The van der Waals surface area contributed by atoms with Crippen LogP contribution in [0.3, 0.4) is 0 Å². The summed E-state index contributed by atoms with van der Waals surface area (Å²) in [5.41, 5.74) is 3.18. The first kappa shape index (κ1) is 28.3. The second-order valence-electron chi connectivity index (χ2n) is 11.4. The van der Waals surface area contributed by atoms with E-state index >= 15 is 0 Å². The van der Waals surface area contributed by atoms with Crippen molar-refractivity contribution in [3.8, 4) is 11.5 Å². The van der Waals surface area contributed by atoms with Crippen LogP contribution in [0.1, 0.15) is 116 Å². The molecule has 1 heterocycles. The second-order valence-corrected chi connectivity index (χ2v) is 17.6. The molecule has 0 aliphatic carbocycles. The van der Waals surface area contributed by atoms with Crippen molar-refractivity contribution in [1.29, 1.82) is 0 Å². The number of benzene rings is 1. The zero-order valence-electron chi connectivity index (χ0n) is 22.0. The molecular weight excluding hydrogens is 604 g/mol. The van der Waals surface area contributed by atoms with E-state index in [1.807, 2.05) is 6.92 Å². The molecule has 0 amide bonds. The van der Waals surface area contributed by atoms with E-state index < -0.39 is 23.3 Å². The number of hydrogen-bond donors (Lipinski definition) is 1. The van der Waals surface area contributed by atoms with Crippen LogP contribution in [0.4, 0.5) is 0 Å². The van der Waals surface area contributed by atoms with Gasteiger partial charge in [0, 0.05) is 0 Å². The Bertz CT molecular complexity index is 733. The summed E-state index contributed by atoms with van der Waals surface area (Å²) in [6.45, 7) is 15.9. The molecule has 0 radical (unpaired) electrons. The number of hydrogen-bond acceptors (Lipinski definition) is 2. The molecule has 1 N–H and O–H groups in total. The van der Waals surface area contributed by atoms with Crippen molar-refractivity contribution >= 4 is 11.3 Å². The maximum absolute atomic E-state index is 10.6. The van der Waals surface area contributed by atoms with E-state index in [2.05, 4.69) is 41.5 Å². The molecule has 1 aromatic rings. The minimum atomic E-state index is -1.73. The molecule has 3 atom stereocenters. The van der Waals surface area contributed by atoms with Gasteiger partial charge in [0.2, 0.25) is 0 Å². The Kier molecular flexibility index (Phi) is 11.7. The summed E-state index contributed by atoms with van der Waals surface area (Å²) in [5, 5.41) is 10.6. The Balaban J connectivity index is 1.77. The van der Waals surface area contributed by atoms with E-state index in [9.17, 15) is 5.11 Å². The zero-order chi connectivity index (χ0) is 23.9. The standard InChI is InChI=1S/C28H47O2.ClH.Hg/c1-20(2)11-8-12-21(3)13-9-14-22(4)15-10-17-28(7)18-16-25-19-26(29)23(5)24(6)27(25)30-28;;/h20-22,29H,8-18H2,1-7H3;1H;/q;;+1/p-1/t21-,22-,28-;;/m1../s1. The van der Waals surface area contributed by atoms with E-state index in [4.69, 9.17) is 13.0 Å². The van der Waals surface area contributed by atoms with Crippen LogP contribution in [-0.4, -0.2) is 10.7 Å². The van der Waals surface area contributed by atoms with Gasteiger partial charge in [0.15, 0.2) is 0 Å². The summed E-state index contributed by atoms with van der Waals surface area (Å²) >= 11 is -1.73. The fraction of sp³-hybridized carbons (Fsp3) is 0.786. The number of halogens is 1. The molecule has 4 heteroatoms. The number of phenols is 1. The molecular formula is C28H47ClHgO2. The number of rotatable bonds is 13. The summed E-state index contributed by atoms with van der Waals surface area (Å²) in [4.78, 5) is 0. The molecule has 0 bridgehead atoms. The molecule has 0 spiro atoms. The topological polar surface area (TPSA) is 29.5 Å². The summed E-state index contributed by atoms with van der Waals surface area (Å²) < 4.78 is 7.73. The normalized spacial score (nSPS) is 19.9. The van der Waals surface area contributed by atoms with Gasteiger partial charge in [-0.05, 0) is 11.8 Å². The van der Waals surface area contributed by atoms with E-state index in [0.717, 1.165) is 57.0 Å². The van der Waals surface area contributed by atoms with Gasteiger partial charge in [0.05, 0.1) is 0 Å². The predicted molar refractivity (Wildman–Crippen MR) is 135 cm³/mol. The van der Waals surface area contributed by atoms with Crippen LogP contribution in [0.5, 0.6) is 11.5 Å². The van der Waals surface area contributed by atoms with E-state index in [1.54, 1.807) is 0 Å². The van der Waals surface area contributed by atoms with E-state index in [0.29, 0.717) is 5.75 Å². The van der Waals surface area contributed by atoms with Crippen LogP contribution in [0.2, 0.25) is 0 Å². The average molecular weight is 652 g/mol. The predicted octanol–water partition coefficient (Wildman–Crippen LogP) is 8.39. The Morgan fingerprint density at radius 2 is 1.50 bits per heavy atom. The van der Waals surface area contributed by atoms with Crippen molar-refractivity contribution in [2.75, 3.05) is 0 Å². The van der Waals surface area contributed by atoms with Gasteiger partial charge >= 0.3 is 163 Å². The molecule has 0 saturated carbocycles. The molecule has 32 heavy (non-hydrogen) atoms. The van der Waals surface area contributed by atoms with Gasteiger partial charge in [-0.25, -0.2) is 0 Å². The fourth-order valence-corrected chi connectivity index (χ4v) is 11.3. The molecule has 1 aliphatic heterocycles. The Hall–Kier alpha value is 0.0451. The molecule has 1 aliphatic rings. The Morgan fingerprint density at radius 3 is 2.06 bits per heavy atom. The van der Waals surface area contributed by atoms with Gasteiger partial charge in [-0.3, -0.25) is 0 Å².